The van der Waals surface area contributed by atoms with Crippen molar-refractivity contribution >= 4 is 11.9 Å². The van der Waals surface area contributed by atoms with E-state index >= 15 is 0 Å². The SMILES string of the molecule is CC(C)(C)CC(=O)O[C@](C)(Cc1ccccc1)C(N)=O. The number of nitrogens with two attached hydrogens (primary N) is 1. The highest BCUT2D eigenvalue weighted by Gasteiger charge is 2.36. The van der Waals surface area contributed by atoms with Gasteiger partial charge in [-0.1, -0.05) is 51.1 Å². The van der Waals surface area contributed by atoms with Crippen molar-refractivity contribution in [3.05, 3.63) is 35.9 Å². The van der Waals surface area contributed by atoms with Gasteiger partial charge in [-0.25, -0.2) is 0 Å². The summed E-state index contributed by atoms with van der Waals surface area (Å²) in [7, 11) is 0. The summed E-state index contributed by atoms with van der Waals surface area (Å²) in [5.41, 5.74) is 4.81. The van der Waals surface area contributed by atoms with E-state index in [1.807, 2.05) is 51.1 Å². The molecule has 0 heterocycles. The summed E-state index contributed by atoms with van der Waals surface area (Å²) < 4.78 is 5.37. The summed E-state index contributed by atoms with van der Waals surface area (Å²) in [4.78, 5) is 23.6. The predicted molar refractivity (Wildman–Crippen MR) is 77.9 cm³/mol. The van der Waals surface area contributed by atoms with E-state index in [0.29, 0.717) is 0 Å². The van der Waals surface area contributed by atoms with Crippen LogP contribution in [0.15, 0.2) is 30.3 Å². The fourth-order valence-corrected chi connectivity index (χ4v) is 1.88. The van der Waals surface area contributed by atoms with Gasteiger partial charge in [-0.15, -0.1) is 0 Å². The number of benzene rings is 1. The smallest absolute Gasteiger partial charge is 0.307 e. The molecule has 0 unspecified atom stereocenters. The molecule has 110 valence electrons. The molecule has 1 amide bonds. The predicted octanol–water partition coefficient (Wildman–Crippen LogP) is 2.45. The van der Waals surface area contributed by atoms with Gasteiger partial charge in [0.2, 0.25) is 0 Å². The molecule has 0 aromatic heterocycles. The average molecular weight is 277 g/mol. The monoisotopic (exact) mass is 277 g/mol. The van der Waals surface area contributed by atoms with Crippen molar-refractivity contribution in [1.29, 1.82) is 0 Å². The Labute approximate surface area is 120 Å². The van der Waals surface area contributed by atoms with Crippen LogP contribution < -0.4 is 5.73 Å². The van der Waals surface area contributed by atoms with Crippen molar-refractivity contribution in [1.82, 2.24) is 0 Å². The Kier molecular flexibility index (Phi) is 4.93. The van der Waals surface area contributed by atoms with E-state index in [-0.39, 0.29) is 18.3 Å². The first-order chi connectivity index (χ1) is 9.12. The normalized spacial score (nSPS) is 14.4. The van der Waals surface area contributed by atoms with E-state index in [9.17, 15) is 9.59 Å². The minimum absolute atomic E-state index is 0.192. The Morgan fingerprint density at radius 3 is 2.10 bits per heavy atom. The Morgan fingerprint density at radius 1 is 1.10 bits per heavy atom. The molecule has 0 aliphatic carbocycles. The zero-order valence-electron chi connectivity index (χ0n) is 12.6. The van der Waals surface area contributed by atoms with Gasteiger partial charge in [0.1, 0.15) is 0 Å². The lowest BCUT2D eigenvalue weighted by atomic mass is 9.91. The maximum Gasteiger partial charge on any atom is 0.307 e. The van der Waals surface area contributed by atoms with E-state index in [0.717, 1.165) is 5.56 Å². The summed E-state index contributed by atoms with van der Waals surface area (Å²) in [6, 6.07) is 9.37. The largest absolute Gasteiger partial charge is 0.449 e. The summed E-state index contributed by atoms with van der Waals surface area (Å²) in [5, 5.41) is 0. The molecule has 1 rings (SSSR count). The van der Waals surface area contributed by atoms with Crippen molar-refractivity contribution in [2.24, 2.45) is 11.1 Å². The van der Waals surface area contributed by atoms with Crippen molar-refractivity contribution in [3.8, 4) is 0 Å². The van der Waals surface area contributed by atoms with Crippen molar-refractivity contribution in [2.45, 2.75) is 46.1 Å². The van der Waals surface area contributed by atoms with Gasteiger partial charge in [-0.3, -0.25) is 9.59 Å². The molecule has 0 aliphatic heterocycles. The summed E-state index contributed by atoms with van der Waals surface area (Å²) in [5.74, 6) is -1.04. The van der Waals surface area contributed by atoms with E-state index in [4.69, 9.17) is 10.5 Å². The van der Waals surface area contributed by atoms with E-state index in [1.165, 1.54) is 0 Å². The molecule has 0 saturated heterocycles. The number of rotatable bonds is 5. The summed E-state index contributed by atoms with van der Waals surface area (Å²) in [6.45, 7) is 7.37. The first-order valence-corrected chi connectivity index (χ1v) is 6.68. The van der Waals surface area contributed by atoms with Gasteiger partial charge in [-0.05, 0) is 17.9 Å². The van der Waals surface area contributed by atoms with Crippen LogP contribution in [0.5, 0.6) is 0 Å². The molecule has 1 aromatic rings. The Morgan fingerprint density at radius 2 is 1.65 bits per heavy atom. The van der Waals surface area contributed by atoms with Gasteiger partial charge in [0.25, 0.3) is 5.91 Å². The van der Waals surface area contributed by atoms with Crippen molar-refractivity contribution in [3.63, 3.8) is 0 Å². The minimum Gasteiger partial charge on any atom is -0.449 e. The Bertz CT molecular complexity index is 476. The van der Waals surface area contributed by atoms with Gasteiger partial charge in [-0.2, -0.15) is 0 Å². The maximum atomic E-state index is 11.9. The van der Waals surface area contributed by atoms with E-state index in [1.54, 1.807) is 6.92 Å². The molecule has 0 radical (unpaired) electrons. The van der Waals surface area contributed by atoms with Gasteiger partial charge in [0.15, 0.2) is 5.60 Å². The van der Waals surface area contributed by atoms with Crippen LogP contribution in [0.2, 0.25) is 0 Å². The van der Waals surface area contributed by atoms with Crippen LogP contribution in [0.1, 0.15) is 39.7 Å². The number of primary amides is 1. The maximum absolute atomic E-state index is 11.9. The molecule has 20 heavy (non-hydrogen) atoms. The molecule has 1 atom stereocenters. The van der Waals surface area contributed by atoms with Crippen LogP contribution in [0, 0.1) is 5.41 Å². The second-order valence-electron chi connectivity index (χ2n) is 6.47. The number of carbonyl (C=O) groups is 2. The first kappa shape index (κ1) is 16.2. The molecule has 0 fully saturated rings. The van der Waals surface area contributed by atoms with Crippen LogP contribution >= 0.6 is 0 Å². The topological polar surface area (TPSA) is 69.4 Å². The number of esters is 1. The molecule has 0 bridgehead atoms. The van der Waals surface area contributed by atoms with Crippen LogP contribution in [-0.2, 0) is 20.7 Å². The number of hydrogen-bond donors (Lipinski definition) is 1. The number of ether oxygens (including phenoxy) is 1. The van der Waals surface area contributed by atoms with Crippen molar-refractivity contribution < 1.29 is 14.3 Å². The molecule has 0 spiro atoms. The molecule has 0 saturated carbocycles. The second kappa shape index (κ2) is 6.07. The highest BCUT2D eigenvalue weighted by molar-refractivity contribution is 5.86. The lowest BCUT2D eigenvalue weighted by Gasteiger charge is -2.28. The molecule has 1 aromatic carbocycles. The van der Waals surface area contributed by atoms with E-state index in [2.05, 4.69) is 0 Å². The standard InChI is InChI=1S/C16H23NO3/c1-15(2,3)11-13(18)20-16(4,14(17)19)10-12-8-6-5-7-9-12/h5-9H,10-11H2,1-4H3,(H2,17,19)/t16-/m1/s1. The zero-order valence-corrected chi connectivity index (χ0v) is 12.6. The second-order valence-corrected chi connectivity index (χ2v) is 6.47. The highest BCUT2D eigenvalue weighted by atomic mass is 16.6. The minimum atomic E-state index is -1.32. The number of hydrogen-bond acceptors (Lipinski definition) is 3. The molecule has 2 N–H and O–H groups in total. The third-order valence-electron chi connectivity index (χ3n) is 2.92. The fraction of sp³-hybridized carbons (Fsp3) is 0.500. The fourth-order valence-electron chi connectivity index (χ4n) is 1.88. The third kappa shape index (κ3) is 5.03. The van der Waals surface area contributed by atoms with Gasteiger partial charge in [0.05, 0.1) is 6.42 Å². The molecular formula is C16H23NO3. The third-order valence-corrected chi connectivity index (χ3v) is 2.92. The van der Waals surface area contributed by atoms with Crippen LogP contribution in [-0.4, -0.2) is 17.5 Å². The van der Waals surface area contributed by atoms with Crippen LogP contribution in [0.4, 0.5) is 0 Å². The van der Waals surface area contributed by atoms with Gasteiger partial charge >= 0.3 is 5.97 Å². The quantitative estimate of drug-likeness (QED) is 0.840. The Balaban J connectivity index is 2.82. The van der Waals surface area contributed by atoms with Crippen LogP contribution in [0.25, 0.3) is 0 Å². The van der Waals surface area contributed by atoms with Gasteiger partial charge < -0.3 is 10.5 Å². The van der Waals surface area contributed by atoms with Gasteiger partial charge in [0, 0.05) is 6.42 Å². The number of amides is 1. The van der Waals surface area contributed by atoms with E-state index < -0.39 is 17.5 Å². The molecule has 0 aliphatic rings. The summed E-state index contributed by atoms with van der Waals surface area (Å²) in [6.07, 6.45) is 0.518. The summed E-state index contributed by atoms with van der Waals surface area (Å²) >= 11 is 0. The molecule has 4 nitrogen and oxygen atoms in total. The highest BCUT2D eigenvalue weighted by Crippen LogP contribution is 2.23. The molecule has 4 heteroatoms. The number of carbonyl (C=O) groups excluding carboxylic acids is 2. The van der Waals surface area contributed by atoms with Crippen LogP contribution in [0.3, 0.4) is 0 Å². The van der Waals surface area contributed by atoms with Crippen molar-refractivity contribution in [2.75, 3.05) is 0 Å². The lowest BCUT2D eigenvalue weighted by molar-refractivity contribution is -0.167. The zero-order chi connectivity index (χ0) is 15.4. The lowest BCUT2D eigenvalue weighted by Crippen LogP contribution is -2.47. The molecular weight excluding hydrogens is 254 g/mol. The first-order valence-electron chi connectivity index (χ1n) is 6.68. The Hall–Kier alpha value is -1.84. The average Bonchev–Trinajstić information content (AvgIpc) is 2.26.